The molecule has 3 heteroatoms. The average Bonchev–Trinajstić information content (AvgIpc) is 2.41. The van der Waals surface area contributed by atoms with E-state index in [1.165, 1.54) is 5.56 Å². The standard InChI is InChI=1S/C17H19NO2/c1-11(2)15-9-4-6-12(3)16(15)18-14-8-5-7-13(10-14)17(19)20/h4-11,18H,1-3H3,(H,19,20). The molecule has 0 amide bonds. The zero-order chi connectivity index (χ0) is 14.7. The van der Waals surface area contributed by atoms with E-state index in [1.807, 2.05) is 12.1 Å². The van der Waals surface area contributed by atoms with Gasteiger partial charge in [0, 0.05) is 11.4 Å². The van der Waals surface area contributed by atoms with Crippen LogP contribution in [-0.4, -0.2) is 11.1 Å². The maximum absolute atomic E-state index is 11.0. The molecule has 0 bridgehead atoms. The lowest BCUT2D eigenvalue weighted by Gasteiger charge is -2.17. The molecule has 0 spiro atoms. The van der Waals surface area contributed by atoms with Gasteiger partial charge in [0.05, 0.1) is 5.56 Å². The van der Waals surface area contributed by atoms with Crippen molar-refractivity contribution < 1.29 is 9.90 Å². The highest BCUT2D eigenvalue weighted by Crippen LogP contribution is 2.30. The molecular weight excluding hydrogens is 250 g/mol. The molecule has 3 nitrogen and oxygen atoms in total. The minimum Gasteiger partial charge on any atom is -0.478 e. The summed E-state index contributed by atoms with van der Waals surface area (Å²) in [4.78, 5) is 11.0. The summed E-state index contributed by atoms with van der Waals surface area (Å²) in [6.07, 6.45) is 0. The van der Waals surface area contributed by atoms with E-state index in [0.717, 1.165) is 16.9 Å². The van der Waals surface area contributed by atoms with Crippen LogP contribution in [0.5, 0.6) is 0 Å². The molecule has 0 radical (unpaired) electrons. The largest absolute Gasteiger partial charge is 0.478 e. The monoisotopic (exact) mass is 269 g/mol. The van der Waals surface area contributed by atoms with Crippen molar-refractivity contribution in [2.45, 2.75) is 26.7 Å². The van der Waals surface area contributed by atoms with Gasteiger partial charge in [-0.1, -0.05) is 38.1 Å². The lowest BCUT2D eigenvalue weighted by atomic mass is 9.98. The van der Waals surface area contributed by atoms with Gasteiger partial charge in [0.2, 0.25) is 0 Å². The van der Waals surface area contributed by atoms with E-state index in [9.17, 15) is 4.79 Å². The molecule has 0 aromatic heterocycles. The van der Waals surface area contributed by atoms with Gasteiger partial charge in [0.25, 0.3) is 0 Å². The van der Waals surface area contributed by atoms with Crippen molar-refractivity contribution in [3.63, 3.8) is 0 Å². The third-order valence-electron chi connectivity index (χ3n) is 3.31. The minimum atomic E-state index is -0.914. The van der Waals surface area contributed by atoms with E-state index in [1.54, 1.807) is 18.2 Å². The lowest BCUT2D eigenvalue weighted by molar-refractivity contribution is 0.0697. The fourth-order valence-electron chi connectivity index (χ4n) is 2.22. The Balaban J connectivity index is 2.39. The van der Waals surface area contributed by atoms with Crippen molar-refractivity contribution in [2.24, 2.45) is 0 Å². The molecule has 0 saturated heterocycles. The molecule has 0 fully saturated rings. The molecule has 0 aliphatic heterocycles. The number of aromatic carboxylic acids is 1. The van der Waals surface area contributed by atoms with Crippen LogP contribution in [0, 0.1) is 6.92 Å². The third kappa shape index (κ3) is 2.99. The van der Waals surface area contributed by atoms with Crippen LogP contribution in [0.4, 0.5) is 11.4 Å². The molecule has 2 rings (SSSR count). The normalized spacial score (nSPS) is 10.6. The first-order valence-corrected chi connectivity index (χ1v) is 6.69. The van der Waals surface area contributed by atoms with E-state index in [2.05, 4.69) is 38.2 Å². The van der Waals surface area contributed by atoms with Gasteiger partial charge in [-0.2, -0.15) is 0 Å². The smallest absolute Gasteiger partial charge is 0.335 e. The van der Waals surface area contributed by atoms with Crippen LogP contribution in [0.15, 0.2) is 42.5 Å². The zero-order valence-corrected chi connectivity index (χ0v) is 12.0. The predicted molar refractivity (Wildman–Crippen MR) is 82.0 cm³/mol. The Morgan fingerprint density at radius 2 is 1.85 bits per heavy atom. The number of aryl methyl sites for hydroxylation is 1. The molecule has 2 aromatic carbocycles. The fraction of sp³-hybridized carbons (Fsp3) is 0.235. The maximum atomic E-state index is 11.0. The fourth-order valence-corrected chi connectivity index (χ4v) is 2.22. The van der Waals surface area contributed by atoms with Crippen LogP contribution >= 0.6 is 0 Å². The first-order valence-electron chi connectivity index (χ1n) is 6.69. The molecule has 0 aliphatic carbocycles. The van der Waals surface area contributed by atoms with Gasteiger partial charge in [-0.15, -0.1) is 0 Å². The van der Waals surface area contributed by atoms with Gasteiger partial charge in [-0.05, 0) is 42.2 Å². The van der Waals surface area contributed by atoms with Crippen molar-refractivity contribution in [3.05, 3.63) is 59.2 Å². The Labute approximate surface area is 119 Å². The summed E-state index contributed by atoms with van der Waals surface area (Å²) in [5, 5.41) is 12.4. The molecule has 20 heavy (non-hydrogen) atoms. The van der Waals surface area contributed by atoms with Crippen LogP contribution in [0.1, 0.15) is 41.3 Å². The molecule has 104 valence electrons. The Bertz CT molecular complexity index is 633. The van der Waals surface area contributed by atoms with Crippen LogP contribution < -0.4 is 5.32 Å². The molecular formula is C17H19NO2. The molecule has 2 N–H and O–H groups in total. The van der Waals surface area contributed by atoms with Gasteiger partial charge in [-0.3, -0.25) is 0 Å². The first-order chi connectivity index (χ1) is 9.49. The Morgan fingerprint density at radius 1 is 1.15 bits per heavy atom. The van der Waals surface area contributed by atoms with Crippen LogP contribution in [0.2, 0.25) is 0 Å². The second-order valence-electron chi connectivity index (χ2n) is 5.20. The average molecular weight is 269 g/mol. The van der Waals surface area contributed by atoms with Gasteiger partial charge >= 0.3 is 5.97 Å². The Kier molecular flexibility index (Phi) is 4.08. The second kappa shape index (κ2) is 5.78. The predicted octanol–water partition coefficient (Wildman–Crippen LogP) is 4.56. The lowest BCUT2D eigenvalue weighted by Crippen LogP contribution is -2.02. The number of carbonyl (C=O) groups is 1. The van der Waals surface area contributed by atoms with E-state index in [-0.39, 0.29) is 5.56 Å². The first kappa shape index (κ1) is 14.1. The van der Waals surface area contributed by atoms with Gasteiger partial charge in [-0.25, -0.2) is 4.79 Å². The summed E-state index contributed by atoms with van der Waals surface area (Å²) in [6, 6.07) is 13.1. The quantitative estimate of drug-likeness (QED) is 0.855. The number of hydrogen-bond donors (Lipinski definition) is 2. The van der Waals surface area contributed by atoms with Crippen LogP contribution in [-0.2, 0) is 0 Å². The number of carboxylic acid groups (broad SMARTS) is 1. The molecule has 0 atom stereocenters. The van der Waals surface area contributed by atoms with Gasteiger partial charge in [0.15, 0.2) is 0 Å². The number of nitrogens with one attached hydrogen (secondary N) is 1. The number of rotatable bonds is 4. The minimum absolute atomic E-state index is 0.287. The maximum Gasteiger partial charge on any atom is 0.335 e. The van der Waals surface area contributed by atoms with Gasteiger partial charge < -0.3 is 10.4 Å². The molecule has 0 unspecified atom stereocenters. The summed E-state index contributed by atoms with van der Waals surface area (Å²) < 4.78 is 0. The molecule has 0 heterocycles. The summed E-state index contributed by atoms with van der Waals surface area (Å²) in [7, 11) is 0. The van der Waals surface area contributed by atoms with Crippen molar-refractivity contribution in [3.8, 4) is 0 Å². The van der Waals surface area contributed by atoms with Crippen molar-refractivity contribution in [1.82, 2.24) is 0 Å². The second-order valence-corrected chi connectivity index (χ2v) is 5.20. The Hall–Kier alpha value is -2.29. The van der Waals surface area contributed by atoms with Crippen molar-refractivity contribution in [2.75, 3.05) is 5.32 Å². The third-order valence-corrected chi connectivity index (χ3v) is 3.31. The van der Waals surface area contributed by atoms with Crippen LogP contribution in [0.25, 0.3) is 0 Å². The van der Waals surface area contributed by atoms with Crippen LogP contribution in [0.3, 0.4) is 0 Å². The molecule has 0 saturated carbocycles. The van der Waals surface area contributed by atoms with Crippen molar-refractivity contribution in [1.29, 1.82) is 0 Å². The van der Waals surface area contributed by atoms with E-state index < -0.39 is 5.97 Å². The van der Waals surface area contributed by atoms with E-state index >= 15 is 0 Å². The van der Waals surface area contributed by atoms with Crippen molar-refractivity contribution >= 4 is 17.3 Å². The highest BCUT2D eigenvalue weighted by atomic mass is 16.4. The zero-order valence-electron chi connectivity index (χ0n) is 12.0. The number of anilines is 2. The highest BCUT2D eigenvalue weighted by Gasteiger charge is 2.10. The van der Waals surface area contributed by atoms with E-state index in [0.29, 0.717) is 5.92 Å². The summed E-state index contributed by atoms with van der Waals surface area (Å²) in [6.45, 7) is 6.34. The summed E-state index contributed by atoms with van der Waals surface area (Å²) in [5.41, 5.74) is 4.52. The number of carboxylic acids is 1. The van der Waals surface area contributed by atoms with Gasteiger partial charge in [0.1, 0.15) is 0 Å². The molecule has 2 aromatic rings. The summed E-state index contributed by atoms with van der Waals surface area (Å²) >= 11 is 0. The summed E-state index contributed by atoms with van der Waals surface area (Å²) in [5.74, 6) is -0.512. The number of hydrogen-bond acceptors (Lipinski definition) is 2. The highest BCUT2D eigenvalue weighted by molar-refractivity contribution is 5.89. The SMILES string of the molecule is Cc1cccc(C(C)C)c1Nc1cccc(C(=O)O)c1. The Morgan fingerprint density at radius 3 is 2.50 bits per heavy atom. The topological polar surface area (TPSA) is 49.3 Å². The number of para-hydroxylation sites is 1. The van der Waals surface area contributed by atoms with E-state index in [4.69, 9.17) is 5.11 Å². The number of benzene rings is 2. The molecule has 0 aliphatic rings.